The first-order valence-corrected chi connectivity index (χ1v) is 10.8. The van der Waals surface area contributed by atoms with Gasteiger partial charge in [0.15, 0.2) is 0 Å². The fraction of sp³-hybridized carbons (Fsp3) is 0.136. The monoisotopic (exact) mass is 422 g/mol. The van der Waals surface area contributed by atoms with Crippen molar-refractivity contribution in [3.8, 4) is 5.75 Å². The van der Waals surface area contributed by atoms with Gasteiger partial charge in [-0.3, -0.25) is 4.98 Å². The van der Waals surface area contributed by atoms with Crippen LogP contribution in [0.5, 0.6) is 5.75 Å². The van der Waals surface area contributed by atoms with Crippen molar-refractivity contribution in [2.75, 3.05) is 12.4 Å². The molecule has 0 unspecified atom stereocenters. The zero-order valence-electron chi connectivity index (χ0n) is 16.6. The summed E-state index contributed by atoms with van der Waals surface area (Å²) in [5, 5.41) is 16.9. The molecule has 0 aliphatic heterocycles. The minimum absolute atomic E-state index is 0.130. The minimum atomic E-state index is -3.80. The highest BCUT2D eigenvalue weighted by Crippen LogP contribution is 2.30. The predicted octanol–water partition coefficient (Wildman–Crippen LogP) is 3.75. The van der Waals surface area contributed by atoms with Gasteiger partial charge in [-0.25, -0.2) is 12.4 Å². The summed E-state index contributed by atoms with van der Waals surface area (Å²) in [7, 11) is -1.98. The van der Waals surface area contributed by atoms with E-state index in [1.54, 1.807) is 36.7 Å². The van der Waals surface area contributed by atoms with E-state index in [2.05, 4.69) is 15.6 Å². The number of hydrogen-bond donors (Lipinski definition) is 3. The Morgan fingerprint density at radius 2 is 1.97 bits per heavy atom. The largest absolute Gasteiger partial charge is 0.508 e. The molecule has 2 heterocycles. The molecule has 2 aromatic carbocycles. The van der Waals surface area contributed by atoms with Gasteiger partial charge in [-0.05, 0) is 67.6 Å². The van der Waals surface area contributed by atoms with Crippen molar-refractivity contribution in [2.45, 2.75) is 18.4 Å². The Kier molecular flexibility index (Phi) is 5.19. The highest BCUT2D eigenvalue weighted by molar-refractivity contribution is 7.90. The average molecular weight is 423 g/mol. The fourth-order valence-corrected chi connectivity index (χ4v) is 4.78. The zero-order chi connectivity index (χ0) is 21.3. The first-order chi connectivity index (χ1) is 14.4. The molecule has 0 aliphatic carbocycles. The maximum Gasteiger partial charge on any atom is 0.269 e. The summed E-state index contributed by atoms with van der Waals surface area (Å²) in [5.41, 5.74) is 3.91. The van der Waals surface area contributed by atoms with E-state index in [-0.39, 0.29) is 10.6 Å². The van der Waals surface area contributed by atoms with Crippen LogP contribution in [0.25, 0.3) is 10.9 Å². The van der Waals surface area contributed by atoms with Crippen LogP contribution in [0.15, 0.2) is 72.0 Å². The molecule has 0 saturated carbocycles. The molecule has 0 bridgehead atoms. The van der Waals surface area contributed by atoms with E-state index in [0.29, 0.717) is 12.1 Å². The number of pyridine rings is 1. The van der Waals surface area contributed by atoms with Crippen molar-refractivity contribution < 1.29 is 13.5 Å². The quantitative estimate of drug-likeness (QED) is 0.410. The topological polar surface area (TPSA) is 96.2 Å². The zero-order valence-corrected chi connectivity index (χ0v) is 17.4. The Morgan fingerprint density at radius 3 is 2.67 bits per heavy atom. The molecule has 0 atom stereocenters. The SMILES string of the molecule is CNCc1cn(S(=O)(=O)c2cccnc2)c2cc(Nc3ccc(O)cc3C)ccc12. The molecule has 4 aromatic rings. The normalized spacial score (nSPS) is 11.7. The van der Waals surface area contributed by atoms with Gasteiger partial charge in [-0.2, -0.15) is 0 Å². The summed E-state index contributed by atoms with van der Waals surface area (Å²) in [4.78, 5) is 4.08. The Bertz CT molecular complexity index is 1320. The predicted molar refractivity (Wildman–Crippen MR) is 118 cm³/mol. The average Bonchev–Trinajstić information content (AvgIpc) is 3.10. The molecular weight excluding hydrogens is 400 g/mol. The number of aromatic hydroxyl groups is 1. The van der Waals surface area contributed by atoms with Gasteiger partial charge in [0.25, 0.3) is 10.0 Å². The molecule has 7 nitrogen and oxygen atoms in total. The summed E-state index contributed by atoms with van der Waals surface area (Å²) in [6.07, 6.45) is 4.54. The van der Waals surface area contributed by atoms with Crippen LogP contribution in [0.1, 0.15) is 11.1 Å². The second-order valence-electron chi connectivity index (χ2n) is 7.03. The number of rotatable bonds is 6. The van der Waals surface area contributed by atoms with Crippen LogP contribution in [-0.4, -0.2) is 29.5 Å². The second-order valence-corrected chi connectivity index (χ2v) is 8.85. The molecule has 3 N–H and O–H groups in total. The van der Waals surface area contributed by atoms with Crippen LogP contribution in [0, 0.1) is 6.92 Å². The summed E-state index contributed by atoms with van der Waals surface area (Å²) < 4.78 is 27.9. The van der Waals surface area contributed by atoms with Gasteiger partial charge < -0.3 is 15.7 Å². The smallest absolute Gasteiger partial charge is 0.269 e. The third kappa shape index (κ3) is 3.62. The molecule has 0 radical (unpaired) electrons. The Morgan fingerprint density at radius 1 is 1.13 bits per heavy atom. The molecule has 154 valence electrons. The lowest BCUT2D eigenvalue weighted by atomic mass is 10.1. The highest BCUT2D eigenvalue weighted by Gasteiger charge is 2.21. The van der Waals surface area contributed by atoms with Gasteiger partial charge in [0.05, 0.1) is 5.52 Å². The standard InChI is InChI=1S/C22H22N4O3S/c1-15-10-18(27)6-8-21(15)25-17-5-7-20-16(12-23-2)14-26(22(20)11-17)30(28,29)19-4-3-9-24-13-19/h3-11,13-14,23,25,27H,12H2,1-2H3. The van der Waals surface area contributed by atoms with Crippen LogP contribution < -0.4 is 10.6 Å². The number of anilines is 2. The van der Waals surface area contributed by atoms with Crippen LogP contribution in [0.4, 0.5) is 11.4 Å². The molecule has 0 aliphatic rings. The first kappa shape index (κ1) is 19.9. The number of hydrogen-bond acceptors (Lipinski definition) is 6. The van der Waals surface area contributed by atoms with Crippen LogP contribution >= 0.6 is 0 Å². The van der Waals surface area contributed by atoms with Crippen molar-refractivity contribution in [2.24, 2.45) is 0 Å². The molecule has 2 aromatic heterocycles. The minimum Gasteiger partial charge on any atom is -0.508 e. The maximum absolute atomic E-state index is 13.3. The van der Waals surface area contributed by atoms with Crippen molar-refractivity contribution in [1.29, 1.82) is 0 Å². The number of nitrogens with zero attached hydrogens (tertiary/aromatic N) is 2. The lowest BCUT2D eigenvalue weighted by Crippen LogP contribution is -2.12. The molecule has 0 amide bonds. The number of fused-ring (bicyclic) bond motifs is 1. The van der Waals surface area contributed by atoms with E-state index in [9.17, 15) is 13.5 Å². The molecule has 30 heavy (non-hydrogen) atoms. The van der Waals surface area contributed by atoms with Crippen molar-refractivity contribution >= 4 is 32.3 Å². The molecular formula is C22H22N4O3S. The number of aromatic nitrogens is 2. The van der Waals surface area contributed by atoms with E-state index in [1.165, 1.54) is 16.2 Å². The molecule has 4 rings (SSSR count). The van der Waals surface area contributed by atoms with Gasteiger partial charge in [-0.1, -0.05) is 6.07 Å². The van der Waals surface area contributed by atoms with Gasteiger partial charge in [-0.15, -0.1) is 0 Å². The lowest BCUT2D eigenvalue weighted by Gasteiger charge is -2.12. The van der Waals surface area contributed by atoms with Gasteiger partial charge in [0, 0.05) is 41.9 Å². The third-order valence-corrected chi connectivity index (χ3v) is 6.56. The summed E-state index contributed by atoms with van der Waals surface area (Å²) in [6.45, 7) is 2.43. The molecule has 0 saturated heterocycles. The number of phenolic OH excluding ortho intramolecular Hbond substituents is 1. The van der Waals surface area contributed by atoms with E-state index >= 15 is 0 Å². The van der Waals surface area contributed by atoms with Gasteiger partial charge in [0.1, 0.15) is 10.6 Å². The molecule has 8 heteroatoms. The van der Waals surface area contributed by atoms with Gasteiger partial charge >= 0.3 is 0 Å². The van der Waals surface area contributed by atoms with Crippen molar-refractivity contribution in [1.82, 2.24) is 14.3 Å². The van der Waals surface area contributed by atoms with Crippen LogP contribution in [0.3, 0.4) is 0 Å². The lowest BCUT2D eigenvalue weighted by molar-refractivity contribution is 0.475. The van der Waals surface area contributed by atoms with Crippen molar-refractivity contribution in [3.63, 3.8) is 0 Å². The molecule has 0 spiro atoms. The van der Waals surface area contributed by atoms with E-state index in [1.807, 2.05) is 32.2 Å². The first-order valence-electron chi connectivity index (χ1n) is 9.41. The third-order valence-electron chi connectivity index (χ3n) is 4.90. The van der Waals surface area contributed by atoms with Crippen LogP contribution in [-0.2, 0) is 16.6 Å². The Balaban J connectivity index is 1.85. The summed E-state index contributed by atoms with van der Waals surface area (Å²) in [6, 6.07) is 13.8. The maximum atomic E-state index is 13.3. The summed E-state index contributed by atoms with van der Waals surface area (Å²) in [5.74, 6) is 0.196. The molecule has 0 fully saturated rings. The number of phenols is 1. The Hall–Kier alpha value is -3.36. The van der Waals surface area contributed by atoms with Crippen LogP contribution in [0.2, 0.25) is 0 Å². The highest BCUT2D eigenvalue weighted by atomic mass is 32.2. The number of aryl methyl sites for hydroxylation is 1. The Labute approximate surface area is 175 Å². The van der Waals surface area contributed by atoms with E-state index < -0.39 is 10.0 Å². The van der Waals surface area contributed by atoms with E-state index in [0.717, 1.165) is 27.9 Å². The van der Waals surface area contributed by atoms with Gasteiger partial charge in [0.2, 0.25) is 0 Å². The van der Waals surface area contributed by atoms with Crippen molar-refractivity contribution in [3.05, 3.63) is 78.2 Å². The van der Waals surface area contributed by atoms with E-state index in [4.69, 9.17) is 0 Å². The second kappa shape index (κ2) is 7.81. The summed E-state index contributed by atoms with van der Waals surface area (Å²) >= 11 is 0. The fourth-order valence-electron chi connectivity index (χ4n) is 3.43. The number of benzene rings is 2. The number of nitrogens with one attached hydrogen (secondary N) is 2.